The molecule has 5 heteroatoms. The van der Waals surface area contributed by atoms with Gasteiger partial charge < -0.3 is 19.4 Å². The van der Waals surface area contributed by atoms with Gasteiger partial charge in [0.25, 0.3) is 0 Å². The van der Waals surface area contributed by atoms with Crippen LogP contribution in [0.4, 0.5) is 5.95 Å². The van der Waals surface area contributed by atoms with Gasteiger partial charge in [0.2, 0.25) is 12.7 Å². The molecule has 0 unspecified atom stereocenters. The zero-order chi connectivity index (χ0) is 18.1. The third-order valence-electron chi connectivity index (χ3n) is 4.73. The van der Waals surface area contributed by atoms with Crippen LogP contribution in [0, 0.1) is 0 Å². The van der Waals surface area contributed by atoms with E-state index >= 15 is 0 Å². The summed E-state index contributed by atoms with van der Waals surface area (Å²) >= 11 is 0. The van der Waals surface area contributed by atoms with Crippen molar-refractivity contribution in [3.8, 4) is 11.5 Å². The second kappa shape index (κ2) is 6.68. The van der Waals surface area contributed by atoms with E-state index in [-0.39, 0.29) is 0 Å². The van der Waals surface area contributed by atoms with Gasteiger partial charge in [-0.3, -0.25) is 0 Å². The Morgan fingerprint density at radius 3 is 2.59 bits per heavy atom. The van der Waals surface area contributed by atoms with Gasteiger partial charge in [0.15, 0.2) is 11.5 Å². The molecule has 0 atom stereocenters. The summed E-state index contributed by atoms with van der Waals surface area (Å²) in [6.45, 7) is 1.72. The fraction of sp³-hybridized carbons (Fsp3) is 0.136. The number of hydrogen-bond donors (Lipinski definition) is 1. The molecule has 1 aromatic heterocycles. The highest BCUT2D eigenvalue weighted by Crippen LogP contribution is 2.32. The number of nitrogens with one attached hydrogen (secondary N) is 1. The van der Waals surface area contributed by atoms with Crippen LogP contribution in [-0.4, -0.2) is 16.3 Å². The number of hydrogen-bond acceptors (Lipinski definition) is 4. The van der Waals surface area contributed by atoms with Gasteiger partial charge in [-0.2, -0.15) is 0 Å². The summed E-state index contributed by atoms with van der Waals surface area (Å²) < 4.78 is 13.1. The fourth-order valence-corrected chi connectivity index (χ4v) is 3.37. The molecule has 1 aliphatic rings. The van der Waals surface area contributed by atoms with Crippen molar-refractivity contribution in [2.75, 3.05) is 12.1 Å². The van der Waals surface area contributed by atoms with Crippen LogP contribution < -0.4 is 14.8 Å². The molecule has 27 heavy (non-hydrogen) atoms. The van der Waals surface area contributed by atoms with Gasteiger partial charge in [0, 0.05) is 6.54 Å². The van der Waals surface area contributed by atoms with Gasteiger partial charge in [-0.1, -0.05) is 48.5 Å². The van der Waals surface area contributed by atoms with Crippen LogP contribution in [0.3, 0.4) is 0 Å². The number of aromatic nitrogens is 2. The molecular weight excluding hydrogens is 338 g/mol. The Labute approximate surface area is 157 Å². The molecule has 0 saturated heterocycles. The zero-order valence-corrected chi connectivity index (χ0v) is 14.8. The quantitative estimate of drug-likeness (QED) is 0.574. The van der Waals surface area contributed by atoms with Crippen molar-refractivity contribution in [3.05, 3.63) is 83.9 Å². The number of imidazole rings is 1. The first-order chi connectivity index (χ1) is 13.4. The van der Waals surface area contributed by atoms with Crippen LogP contribution in [0.25, 0.3) is 11.0 Å². The summed E-state index contributed by atoms with van der Waals surface area (Å²) in [4.78, 5) is 4.79. The summed E-state index contributed by atoms with van der Waals surface area (Å²) in [5.74, 6) is 2.46. The van der Waals surface area contributed by atoms with Crippen molar-refractivity contribution < 1.29 is 9.47 Å². The molecule has 1 aliphatic heterocycles. The number of rotatable bonds is 5. The monoisotopic (exact) mass is 357 g/mol. The van der Waals surface area contributed by atoms with Crippen LogP contribution in [0.5, 0.6) is 11.5 Å². The fourth-order valence-electron chi connectivity index (χ4n) is 3.37. The highest BCUT2D eigenvalue weighted by atomic mass is 16.7. The Balaban J connectivity index is 1.44. The minimum Gasteiger partial charge on any atom is -0.454 e. The third-order valence-corrected chi connectivity index (χ3v) is 4.73. The van der Waals surface area contributed by atoms with E-state index in [1.165, 1.54) is 5.56 Å². The summed E-state index contributed by atoms with van der Waals surface area (Å²) in [6, 6.07) is 24.7. The van der Waals surface area contributed by atoms with Crippen LogP contribution >= 0.6 is 0 Å². The Hall–Kier alpha value is -3.47. The highest BCUT2D eigenvalue weighted by Gasteiger charge is 2.14. The second-order valence-electron chi connectivity index (χ2n) is 6.54. The van der Waals surface area contributed by atoms with Gasteiger partial charge in [-0.25, -0.2) is 4.98 Å². The van der Waals surface area contributed by atoms with Crippen LogP contribution in [0.15, 0.2) is 72.8 Å². The second-order valence-corrected chi connectivity index (χ2v) is 6.54. The number of fused-ring (bicyclic) bond motifs is 2. The standard InChI is InChI=1S/C22H19N3O2/c1-2-6-16(7-3-1)14-25-19-9-5-4-8-18(19)24-22(25)23-13-17-10-11-20-21(12-17)27-15-26-20/h1-12H,13-15H2,(H,23,24). The lowest BCUT2D eigenvalue weighted by molar-refractivity contribution is 0.174. The van der Waals surface area contributed by atoms with E-state index in [4.69, 9.17) is 14.5 Å². The van der Waals surface area contributed by atoms with Crippen molar-refractivity contribution in [1.82, 2.24) is 9.55 Å². The topological polar surface area (TPSA) is 48.3 Å². The first-order valence-corrected chi connectivity index (χ1v) is 8.98. The molecule has 0 spiro atoms. The predicted octanol–water partition coefficient (Wildman–Crippen LogP) is 4.43. The van der Waals surface area contributed by atoms with Crippen LogP contribution in [-0.2, 0) is 13.1 Å². The molecule has 0 bridgehead atoms. The lowest BCUT2D eigenvalue weighted by Gasteiger charge is -2.11. The third kappa shape index (κ3) is 3.08. The molecule has 4 aromatic rings. The van der Waals surface area contributed by atoms with E-state index in [0.29, 0.717) is 13.3 Å². The number of anilines is 1. The van der Waals surface area contributed by atoms with E-state index in [1.54, 1.807) is 0 Å². The molecule has 0 saturated carbocycles. The molecule has 5 rings (SSSR count). The first kappa shape index (κ1) is 15.8. The molecule has 0 radical (unpaired) electrons. The minimum absolute atomic E-state index is 0.291. The van der Waals surface area contributed by atoms with Crippen molar-refractivity contribution in [1.29, 1.82) is 0 Å². The number of nitrogens with zero attached hydrogens (tertiary/aromatic N) is 2. The summed E-state index contributed by atoms with van der Waals surface area (Å²) in [7, 11) is 0. The van der Waals surface area contributed by atoms with Crippen LogP contribution in [0.2, 0.25) is 0 Å². The van der Waals surface area contributed by atoms with E-state index in [2.05, 4.69) is 40.2 Å². The average Bonchev–Trinajstić information content (AvgIpc) is 3.31. The summed E-state index contributed by atoms with van der Waals surface area (Å²) in [5.41, 5.74) is 4.47. The maximum absolute atomic E-state index is 5.47. The van der Waals surface area contributed by atoms with E-state index in [1.807, 2.05) is 42.5 Å². The SMILES string of the molecule is c1ccc(Cn2c(NCc3ccc4c(c3)OCO4)nc3ccccc32)cc1. The number of para-hydroxylation sites is 2. The normalized spacial score (nSPS) is 12.4. The van der Waals surface area contributed by atoms with Crippen molar-refractivity contribution in [2.45, 2.75) is 13.1 Å². The predicted molar refractivity (Wildman–Crippen MR) is 105 cm³/mol. The largest absolute Gasteiger partial charge is 0.454 e. The Morgan fingerprint density at radius 2 is 1.67 bits per heavy atom. The Morgan fingerprint density at radius 1 is 0.852 bits per heavy atom. The Kier molecular flexibility index (Phi) is 3.90. The lowest BCUT2D eigenvalue weighted by Crippen LogP contribution is -2.08. The van der Waals surface area contributed by atoms with Crippen molar-refractivity contribution in [2.24, 2.45) is 0 Å². The minimum atomic E-state index is 0.291. The zero-order valence-electron chi connectivity index (χ0n) is 14.8. The van der Waals surface area contributed by atoms with E-state index in [0.717, 1.165) is 40.6 Å². The lowest BCUT2D eigenvalue weighted by atomic mass is 10.2. The molecule has 1 N–H and O–H groups in total. The molecule has 0 aliphatic carbocycles. The summed E-state index contributed by atoms with van der Waals surface area (Å²) in [6.07, 6.45) is 0. The molecule has 5 nitrogen and oxygen atoms in total. The molecule has 3 aromatic carbocycles. The van der Waals surface area contributed by atoms with Gasteiger partial charge in [0.05, 0.1) is 17.6 Å². The molecule has 134 valence electrons. The maximum Gasteiger partial charge on any atom is 0.231 e. The molecular formula is C22H19N3O2. The van der Waals surface area contributed by atoms with E-state index in [9.17, 15) is 0 Å². The van der Waals surface area contributed by atoms with Crippen LogP contribution in [0.1, 0.15) is 11.1 Å². The number of benzene rings is 3. The van der Waals surface area contributed by atoms with Gasteiger partial charge in [0.1, 0.15) is 0 Å². The highest BCUT2D eigenvalue weighted by molar-refractivity contribution is 5.78. The summed E-state index contributed by atoms with van der Waals surface area (Å²) in [5, 5.41) is 3.49. The molecule has 0 amide bonds. The average molecular weight is 357 g/mol. The number of ether oxygens (including phenoxy) is 2. The van der Waals surface area contributed by atoms with Gasteiger partial charge >= 0.3 is 0 Å². The van der Waals surface area contributed by atoms with Crippen molar-refractivity contribution in [3.63, 3.8) is 0 Å². The molecule has 2 heterocycles. The smallest absolute Gasteiger partial charge is 0.231 e. The van der Waals surface area contributed by atoms with E-state index < -0.39 is 0 Å². The van der Waals surface area contributed by atoms with Gasteiger partial charge in [-0.05, 0) is 35.4 Å². The van der Waals surface area contributed by atoms with Gasteiger partial charge in [-0.15, -0.1) is 0 Å². The van der Waals surface area contributed by atoms with Crippen molar-refractivity contribution >= 4 is 17.0 Å². The maximum atomic E-state index is 5.47. The molecule has 0 fully saturated rings. The first-order valence-electron chi connectivity index (χ1n) is 8.98. The Bertz CT molecular complexity index is 1090.